The molecule has 0 aliphatic rings. The van der Waals surface area contributed by atoms with Gasteiger partial charge in [-0.05, 0) is 38.5 Å². The van der Waals surface area contributed by atoms with Crippen molar-refractivity contribution in [1.29, 1.82) is 0 Å². The molecule has 0 spiro atoms. The Kier molecular flexibility index (Phi) is 5.98. The molecule has 0 saturated carbocycles. The van der Waals surface area contributed by atoms with Gasteiger partial charge in [0.05, 0.1) is 11.8 Å². The monoisotopic (exact) mass is 321 g/mol. The Hall–Kier alpha value is -1.85. The molecule has 5 nitrogen and oxygen atoms in total. The van der Waals surface area contributed by atoms with Crippen molar-refractivity contribution in [2.45, 2.75) is 26.4 Å². The van der Waals surface area contributed by atoms with E-state index in [1.54, 1.807) is 18.2 Å². The first-order valence-corrected chi connectivity index (χ1v) is 7.65. The lowest BCUT2D eigenvalue weighted by molar-refractivity contribution is 0.0756. The summed E-state index contributed by atoms with van der Waals surface area (Å²) in [4.78, 5) is 12.0. The standard InChI is InChI=1S/C16H20ClN3O2/c1-11(2)22-9-3-8-18-16(21)15-10-14(19-20-15)12-4-6-13(17)7-5-12/h4-7,10-11H,3,8-9H2,1-2H3,(H,18,21)(H,19,20). The third kappa shape index (κ3) is 4.86. The van der Waals surface area contributed by atoms with Crippen LogP contribution in [0.15, 0.2) is 30.3 Å². The first-order chi connectivity index (χ1) is 10.6. The second-order valence-electron chi connectivity index (χ2n) is 5.20. The number of aromatic amines is 1. The van der Waals surface area contributed by atoms with Crippen LogP contribution >= 0.6 is 11.6 Å². The summed E-state index contributed by atoms with van der Waals surface area (Å²) in [6.45, 7) is 5.18. The number of nitrogens with zero attached hydrogens (tertiary/aromatic N) is 1. The van der Waals surface area contributed by atoms with Crippen LogP contribution in [0, 0.1) is 0 Å². The minimum absolute atomic E-state index is 0.169. The molecular formula is C16H20ClN3O2. The number of aromatic nitrogens is 2. The predicted molar refractivity (Wildman–Crippen MR) is 87.1 cm³/mol. The van der Waals surface area contributed by atoms with Crippen LogP contribution in [0.3, 0.4) is 0 Å². The molecule has 1 aromatic heterocycles. The lowest BCUT2D eigenvalue weighted by Crippen LogP contribution is -2.25. The third-order valence-corrected chi connectivity index (χ3v) is 3.27. The van der Waals surface area contributed by atoms with Gasteiger partial charge in [-0.3, -0.25) is 9.89 Å². The minimum Gasteiger partial charge on any atom is -0.379 e. The Bertz CT molecular complexity index is 608. The Balaban J connectivity index is 1.85. The van der Waals surface area contributed by atoms with Gasteiger partial charge in [-0.15, -0.1) is 0 Å². The van der Waals surface area contributed by atoms with E-state index in [1.807, 2.05) is 26.0 Å². The zero-order chi connectivity index (χ0) is 15.9. The molecule has 2 aromatic rings. The van der Waals surface area contributed by atoms with Crippen LogP contribution in [0.5, 0.6) is 0 Å². The molecule has 0 fully saturated rings. The maximum Gasteiger partial charge on any atom is 0.269 e. The van der Waals surface area contributed by atoms with Crippen molar-refractivity contribution in [3.8, 4) is 11.3 Å². The molecule has 2 rings (SSSR count). The second kappa shape index (κ2) is 7.96. The zero-order valence-electron chi connectivity index (χ0n) is 12.7. The largest absolute Gasteiger partial charge is 0.379 e. The van der Waals surface area contributed by atoms with E-state index in [9.17, 15) is 4.79 Å². The number of carbonyl (C=O) groups excluding carboxylic acids is 1. The Labute approximate surface area is 135 Å². The van der Waals surface area contributed by atoms with Crippen LogP contribution in [-0.2, 0) is 4.74 Å². The summed E-state index contributed by atoms with van der Waals surface area (Å²) in [6.07, 6.45) is 0.993. The van der Waals surface area contributed by atoms with Gasteiger partial charge < -0.3 is 10.1 Å². The Morgan fingerprint density at radius 1 is 1.36 bits per heavy atom. The molecule has 1 heterocycles. The number of carbonyl (C=O) groups is 1. The molecule has 6 heteroatoms. The average molecular weight is 322 g/mol. The third-order valence-electron chi connectivity index (χ3n) is 3.02. The summed E-state index contributed by atoms with van der Waals surface area (Å²) in [5, 5.41) is 10.4. The number of hydrogen-bond donors (Lipinski definition) is 2. The van der Waals surface area contributed by atoms with Gasteiger partial charge in [0.1, 0.15) is 5.69 Å². The molecule has 2 N–H and O–H groups in total. The van der Waals surface area contributed by atoms with Crippen molar-refractivity contribution in [1.82, 2.24) is 15.5 Å². The van der Waals surface area contributed by atoms with Crippen molar-refractivity contribution in [3.05, 3.63) is 41.0 Å². The smallest absolute Gasteiger partial charge is 0.269 e. The average Bonchev–Trinajstić information content (AvgIpc) is 2.97. The van der Waals surface area contributed by atoms with Crippen molar-refractivity contribution in [3.63, 3.8) is 0 Å². The van der Waals surface area contributed by atoms with Crippen LogP contribution in [0.1, 0.15) is 30.8 Å². The summed E-state index contributed by atoms with van der Waals surface area (Å²) < 4.78 is 5.42. The number of nitrogens with one attached hydrogen (secondary N) is 2. The van der Waals surface area contributed by atoms with Gasteiger partial charge in [0.25, 0.3) is 5.91 Å². The quantitative estimate of drug-likeness (QED) is 0.769. The van der Waals surface area contributed by atoms with E-state index in [-0.39, 0.29) is 12.0 Å². The summed E-state index contributed by atoms with van der Waals surface area (Å²) >= 11 is 5.85. The number of rotatable bonds is 7. The van der Waals surface area contributed by atoms with Crippen molar-refractivity contribution >= 4 is 17.5 Å². The first-order valence-electron chi connectivity index (χ1n) is 7.27. The van der Waals surface area contributed by atoms with E-state index in [2.05, 4.69) is 15.5 Å². The maximum atomic E-state index is 12.0. The molecule has 0 unspecified atom stereocenters. The fourth-order valence-corrected chi connectivity index (χ4v) is 2.02. The molecule has 0 atom stereocenters. The van der Waals surface area contributed by atoms with Gasteiger partial charge in [-0.2, -0.15) is 5.10 Å². The minimum atomic E-state index is -0.169. The molecule has 0 saturated heterocycles. The molecule has 0 bridgehead atoms. The van der Waals surface area contributed by atoms with E-state index >= 15 is 0 Å². The van der Waals surface area contributed by atoms with E-state index in [0.29, 0.717) is 29.6 Å². The van der Waals surface area contributed by atoms with E-state index in [1.165, 1.54) is 0 Å². The number of benzene rings is 1. The summed E-state index contributed by atoms with van der Waals surface area (Å²) in [6, 6.07) is 9.04. The fourth-order valence-electron chi connectivity index (χ4n) is 1.89. The lowest BCUT2D eigenvalue weighted by atomic mass is 10.1. The van der Waals surface area contributed by atoms with Gasteiger partial charge in [0.15, 0.2) is 0 Å². The molecule has 1 aromatic carbocycles. The van der Waals surface area contributed by atoms with Crippen LogP contribution in [0.2, 0.25) is 5.02 Å². The van der Waals surface area contributed by atoms with Crippen LogP contribution in [0.25, 0.3) is 11.3 Å². The number of H-pyrrole nitrogens is 1. The molecule has 0 radical (unpaired) electrons. The lowest BCUT2D eigenvalue weighted by Gasteiger charge is -2.07. The highest BCUT2D eigenvalue weighted by molar-refractivity contribution is 6.30. The topological polar surface area (TPSA) is 67.0 Å². The van der Waals surface area contributed by atoms with Gasteiger partial charge in [0, 0.05) is 23.7 Å². The van der Waals surface area contributed by atoms with Crippen molar-refractivity contribution in [2.24, 2.45) is 0 Å². The predicted octanol–water partition coefficient (Wildman–Crippen LogP) is 3.28. The second-order valence-corrected chi connectivity index (χ2v) is 5.64. The van der Waals surface area contributed by atoms with E-state index in [0.717, 1.165) is 12.0 Å². The van der Waals surface area contributed by atoms with Crippen LogP contribution in [0.4, 0.5) is 0 Å². The van der Waals surface area contributed by atoms with E-state index < -0.39 is 0 Å². The Morgan fingerprint density at radius 3 is 2.77 bits per heavy atom. The molecule has 0 aliphatic heterocycles. The molecule has 118 valence electrons. The summed E-state index contributed by atoms with van der Waals surface area (Å²) in [5.41, 5.74) is 2.06. The highest BCUT2D eigenvalue weighted by atomic mass is 35.5. The fraction of sp³-hybridized carbons (Fsp3) is 0.375. The van der Waals surface area contributed by atoms with Crippen LogP contribution < -0.4 is 5.32 Å². The summed E-state index contributed by atoms with van der Waals surface area (Å²) in [7, 11) is 0. The van der Waals surface area contributed by atoms with Gasteiger partial charge in [-0.1, -0.05) is 23.7 Å². The number of amides is 1. The summed E-state index contributed by atoms with van der Waals surface area (Å²) in [5.74, 6) is -0.169. The molecular weight excluding hydrogens is 302 g/mol. The normalized spacial score (nSPS) is 10.9. The molecule has 22 heavy (non-hydrogen) atoms. The Morgan fingerprint density at radius 2 is 2.09 bits per heavy atom. The van der Waals surface area contributed by atoms with Gasteiger partial charge >= 0.3 is 0 Å². The van der Waals surface area contributed by atoms with Crippen LogP contribution in [-0.4, -0.2) is 35.4 Å². The van der Waals surface area contributed by atoms with Crippen molar-refractivity contribution < 1.29 is 9.53 Å². The van der Waals surface area contributed by atoms with Crippen molar-refractivity contribution in [2.75, 3.05) is 13.2 Å². The number of hydrogen-bond acceptors (Lipinski definition) is 3. The number of halogens is 1. The number of ether oxygens (including phenoxy) is 1. The highest BCUT2D eigenvalue weighted by Gasteiger charge is 2.10. The van der Waals surface area contributed by atoms with Gasteiger partial charge in [0.2, 0.25) is 0 Å². The van der Waals surface area contributed by atoms with Gasteiger partial charge in [-0.25, -0.2) is 0 Å². The zero-order valence-corrected chi connectivity index (χ0v) is 13.5. The molecule has 0 aliphatic carbocycles. The SMILES string of the molecule is CC(C)OCCCNC(=O)c1cc(-c2ccc(Cl)cc2)n[nH]1. The first kappa shape index (κ1) is 16.5. The maximum absolute atomic E-state index is 12.0. The van der Waals surface area contributed by atoms with E-state index in [4.69, 9.17) is 16.3 Å². The molecule has 1 amide bonds. The highest BCUT2D eigenvalue weighted by Crippen LogP contribution is 2.20.